The van der Waals surface area contributed by atoms with E-state index in [-0.39, 0.29) is 0 Å². The molecule has 0 saturated heterocycles. The molecular weight excluding hydrogens is 378 g/mol. The highest BCUT2D eigenvalue weighted by Crippen LogP contribution is 2.30. The van der Waals surface area contributed by atoms with Crippen molar-refractivity contribution in [3.63, 3.8) is 0 Å². The lowest BCUT2D eigenvalue weighted by Gasteiger charge is -2.12. The van der Waals surface area contributed by atoms with Gasteiger partial charge in [0.2, 0.25) is 0 Å². The number of anilines is 1. The van der Waals surface area contributed by atoms with Crippen molar-refractivity contribution < 1.29 is 0 Å². The maximum absolute atomic E-state index is 6.27. The lowest BCUT2D eigenvalue weighted by molar-refractivity contribution is 0.829. The molecule has 1 N–H and O–H groups in total. The number of pyridine rings is 1. The van der Waals surface area contributed by atoms with Gasteiger partial charge in [0.15, 0.2) is 0 Å². The monoisotopic (exact) mass is 407 g/mol. The molecule has 2 aromatic heterocycles. The normalized spacial score (nSPS) is 16.6. The van der Waals surface area contributed by atoms with Gasteiger partial charge in [0.05, 0.1) is 0 Å². The third kappa shape index (κ3) is 5.30. The van der Waals surface area contributed by atoms with Gasteiger partial charge < -0.3 is 5.32 Å². The molecule has 0 saturated carbocycles. The summed E-state index contributed by atoms with van der Waals surface area (Å²) in [5.41, 5.74) is 5.79. The minimum absolute atomic E-state index is 0.776. The van der Waals surface area contributed by atoms with Crippen molar-refractivity contribution in [2.24, 2.45) is 0 Å². The Labute approximate surface area is 179 Å². The van der Waals surface area contributed by atoms with Crippen LogP contribution in [0.4, 0.5) is 5.82 Å². The maximum Gasteiger partial charge on any atom is 0.139 e. The minimum atomic E-state index is 0.776. The summed E-state index contributed by atoms with van der Waals surface area (Å²) < 4.78 is 2.13. The summed E-state index contributed by atoms with van der Waals surface area (Å²) in [7, 11) is 0. The standard InChI is InChI=1S/C23H24ClN3.C2H6/c1-17-7-6-9-19(13-12-17)22-23(27-14-5-4-11-21(27)26-22)25-16-18-8-2-3-10-20(24)15-18;1-2/h4-7,10-15,25H,2-3,8-9,16H2,1H3;1-2H3. The predicted octanol–water partition coefficient (Wildman–Crippen LogP) is 7.30. The molecule has 4 rings (SSSR count). The summed E-state index contributed by atoms with van der Waals surface area (Å²) in [6.07, 6.45) is 19.1. The molecule has 2 aromatic rings. The Hall–Kier alpha value is -2.52. The van der Waals surface area contributed by atoms with E-state index in [2.05, 4.69) is 59.3 Å². The molecule has 2 heterocycles. The smallest absolute Gasteiger partial charge is 0.139 e. The highest BCUT2D eigenvalue weighted by atomic mass is 35.5. The fourth-order valence-electron chi connectivity index (χ4n) is 3.52. The van der Waals surface area contributed by atoms with E-state index in [1.165, 1.54) is 16.7 Å². The molecule has 2 aliphatic carbocycles. The summed E-state index contributed by atoms with van der Waals surface area (Å²) in [6.45, 7) is 6.90. The van der Waals surface area contributed by atoms with Crippen LogP contribution in [0.25, 0.3) is 11.2 Å². The van der Waals surface area contributed by atoms with E-state index >= 15 is 0 Å². The average Bonchev–Trinajstić information content (AvgIpc) is 2.86. The number of aromatic nitrogens is 2. The van der Waals surface area contributed by atoms with E-state index in [1.807, 2.05) is 32.0 Å². The van der Waals surface area contributed by atoms with Crippen LogP contribution in [0.1, 0.15) is 52.1 Å². The number of nitrogens with zero attached hydrogens (tertiary/aromatic N) is 2. The lowest BCUT2D eigenvalue weighted by Crippen LogP contribution is -2.08. The summed E-state index contributed by atoms with van der Waals surface area (Å²) in [5.74, 6) is 1.04. The fraction of sp³-hybridized carbons (Fsp3) is 0.320. The SMILES string of the molecule is CC.CC1=CC=C(c2nc3ccccn3c2NCC2=CC(Cl)=CCCC2)CC=C1. The number of rotatable bonds is 4. The largest absolute Gasteiger partial charge is 0.366 e. The first-order valence-electron chi connectivity index (χ1n) is 10.5. The average molecular weight is 408 g/mol. The zero-order chi connectivity index (χ0) is 20.6. The predicted molar refractivity (Wildman–Crippen MR) is 126 cm³/mol. The Balaban J connectivity index is 0.00000117. The van der Waals surface area contributed by atoms with Crippen molar-refractivity contribution in [2.45, 2.75) is 46.5 Å². The van der Waals surface area contributed by atoms with E-state index in [0.717, 1.165) is 54.4 Å². The summed E-state index contributed by atoms with van der Waals surface area (Å²) in [6, 6.07) is 6.12. The highest BCUT2D eigenvalue weighted by molar-refractivity contribution is 6.31. The molecule has 0 radical (unpaired) electrons. The van der Waals surface area contributed by atoms with Gasteiger partial charge in [0, 0.05) is 17.8 Å². The van der Waals surface area contributed by atoms with E-state index in [4.69, 9.17) is 16.6 Å². The van der Waals surface area contributed by atoms with Crippen LogP contribution in [0.2, 0.25) is 0 Å². The molecule has 0 fully saturated rings. The third-order valence-electron chi connectivity index (χ3n) is 4.97. The van der Waals surface area contributed by atoms with Crippen molar-refractivity contribution in [1.82, 2.24) is 9.38 Å². The second kappa shape index (κ2) is 10.3. The molecule has 0 bridgehead atoms. The van der Waals surface area contributed by atoms with Crippen LogP contribution in [0.15, 0.2) is 77.0 Å². The fourth-order valence-corrected chi connectivity index (χ4v) is 3.79. The Morgan fingerprint density at radius 2 is 2.07 bits per heavy atom. The molecular formula is C25H30ClN3. The number of imidazole rings is 1. The second-order valence-electron chi connectivity index (χ2n) is 7.08. The van der Waals surface area contributed by atoms with E-state index in [1.54, 1.807) is 0 Å². The number of nitrogens with one attached hydrogen (secondary N) is 1. The molecule has 2 aliphatic rings. The molecule has 0 aromatic carbocycles. The molecule has 0 unspecified atom stereocenters. The van der Waals surface area contributed by atoms with Crippen molar-refractivity contribution in [3.8, 4) is 0 Å². The van der Waals surface area contributed by atoms with Gasteiger partial charge in [-0.1, -0.05) is 67.5 Å². The maximum atomic E-state index is 6.27. The number of hydrogen-bond acceptors (Lipinski definition) is 2. The molecule has 3 nitrogen and oxygen atoms in total. The van der Waals surface area contributed by atoms with Crippen LogP contribution in [-0.2, 0) is 0 Å². The molecule has 0 atom stereocenters. The highest BCUT2D eigenvalue weighted by Gasteiger charge is 2.16. The minimum Gasteiger partial charge on any atom is -0.366 e. The summed E-state index contributed by atoms with van der Waals surface area (Å²) in [5, 5.41) is 4.49. The Morgan fingerprint density at radius 3 is 2.93 bits per heavy atom. The van der Waals surface area contributed by atoms with E-state index in [0.29, 0.717) is 0 Å². The van der Waals surface area contributed by atoms with E-state index < -0.39 is 0 Å². The van der Waals surface area contributed by atoms with Crippen molar-refractivity contribution in [3.05, 3.63) is 82.7 Å². The van der Waals surface area contributed by atoms with Gasteiger partial charge in [-0.2, -0.15) is 0 Å². The molecule has 0 amide bonds. The first-order valence-corrected chi connectivity index (χ1v) is 10.9. The quantitative estimate of drug-likeness (QED) is 0.576. The van der Waals surface area contributed by atoms with Crippen molar-refractivity contribution >= 4 is 28.6 Å². The zero-order valence-electron chi connectivity index (χ0n) is 17.6. The molecule has 29 heavy (non-hydrogen) atoms. The Kier molecular flexibility index (Phi) is 7.54. The number of halogens is 1. The molecule has 0 aliphatic heterocycles. The first kappa shape index (κ1) is 21.2. The number of hydrogen-bond donors (Lipinski definition) is 1. The van der Waals surface area contributed by atoms with Crippen LogP contribution in [0.3, 0.4) is 0 Å². The summed E-state index contributed by atoms with van der Waals surface area (Å²) >= 11 is 6.27. The van der Waals surface area contributed by atoms with Gasteiger partial charge in [0.1, 0.15) is 17.2 Å². The van der Waals surface area contributed by atoms with Crippen LogP contribution >= 0.6 is 11.6 Å². The first-order chi connectivity index (χ1) is 14.2. The second-order valence-corrected chi connectivity index (χ2v) is 7.52. The van der Waals surface area contributed by atoms with Crippen LogP contribution in [-0.4, -0.2) is 15.9 Å². The van der Waals surface area contributed by atoms with Crippen molar-refractivity contribution in [2.75, 3.05) is 11.9 Å². The van der Waals surface area contributed by atoms with Crippen LogP contribution < -0.4 is 5.32 Å². The molecule has 4 heteroatoms. The van der Waals surface area contributed by atoms with Gasteiger partial charge in [-0.3, -0.25) is 4.40 Å². The van der Waals surface area contributed by atoms with Gasteiger partial charge >= 0.3 is 0 Å². The lowest BCUT2D eigenvalue weighted by atomic mass is 10.1. The van der Waals surface area contributed by atoms with Crippen LogP contribution in [0, 0.1) is 0 Å². The van der Waals surface area contributed by atoms with Gasteiger partial charge in [0.25, 0.3) is 0 Å². The molecule has 152 valence electrons. The topological polar surface area (TPSA) is 29.3 Å². The third-order valence-corrected chi connectivity index (χ3v) is 5.23. The van der Waals surface area contributed by atoms with Crippen molar-refractivity contribution in [1.29, 1.82) is 0 Å². The Bertz CT molecular complexity index is 1000. The zero-order valence-corrected chi connectivity index (χ0v) is 18.3. The van der Waals surface area contributed by atoms with Gasteiger partial charge in [-0.05, 0) is 62.0 Å². The number of allylic oxidation sites excluding steroid dienone is 9. The summed E-state index contributed by atoms with van der Waals surface area (Å²) in [4.78, 5) is 4.91. The van der Waals surface area contributed by atoms with Gasteiger partial charge in [-0.25, -0.2) is 4.98 Å². The van der Waals surface area contributed by atoms with Crippen LogP contribution in [0.5, 0.6) is 0 Å². The van der Waals surface area contributed by atoms with E-state index in [9.17, 15) is 0 Å². The number of fused-ring (bicyclic) bond motifs is 1. The molecule has 0 spiro atoms. The Morgan fingerprint density at radius 1 is 1.21 bits per heavy atom. The van der Waals surface area contributed by atoms with Gasteiger partial charge in [-0.15, -0.1) is 0 Å².